The van der Waals surface area contributed by atoms with Crippen molar-refractivity contribution in [1.29, 1.82) is 0 Å². The van der Waals surface area contributed by atoms with Gasteiger partial charge in [-0.15, -0.1) is 0 Å². The minimum Gasteiger partial charge on any atom is -0.462 e. The maximum atomic E-state index is 14.7. The van der Waals surface area contributed by atoms with Gasteiger partial charge in [0.1, 0.15) is 29.5 Å². The van der Waals surface area contributed by atoms with E-state index in [4.69, 9.17) is 9.47 Å². The van der Waals surface area contributed by atoms with Gasteiger partial charge in [-0.05, 0) is 67.3 Å². The van der Waals surface area contributed by atoms with Crippen LogP contribution in [0.2, 0.25) is 0 Å². The molecular weight excluding hydrogens is 722 g/mol. The molecule has 0 bridgehead atoms. The van der Waals surface area contributed by atoms with Crippen molar-refractivity contribution in [2.45, 2.75) is 109 Å². The van der Waals surface area contributed by atoms with E-state index in [0.717, 1.165) is 0 Å². The van der Waals surface area contributed by atoms with Crippen molar-refractivity contribution in [2.75, 3.05) is 18.5 Å². The SMILES string of the molecule is CCOC(=O)c1cccc(NC(C(=O)N2CC(OC(=O)N3Cc4cccc(F)c4C3)CC2C(=O)NC2(C(=O)NS(=O)(=O)C3CC3)CC2CC)C(C)(C)C)c1. The van der Waals surface area contributed by atoms with Crippen LogP contribution in [0.15, 0.2) is 42.5 Å². The van der Waals surface area contributed by atoms with Crippen LogP contribution in [0.25, 0.3) is 0 Å². The molecule has 2 aromatic carbocycles. The molecule has 2 saturated carbocycles. The summed E-state index contributed by atoms with van der Waals surface area (Å²) in [5, 5.41) is 5.39. The fourth-order valence-corrected chi connectivity index (χ4v) is 8.69. The molecular formula is C38H48FN5O9S. The van der Waals surface area contributed by atoms with Gasteiger partial charge in [-0.1, -0.05) is 52.3 Å². The number of benzene rings is 2. The molecule has 54 heavy (non-hydrogen) atoms. The second kappa shape index (κ2) is 14.8. The number of ether oxygens (including phenoxy) is 2. The number of hydrogen-bond acceptors (Lipinski definition) is 10. The fraction of sp³-hybridized carbons (Fsp3) is 0.553. The monoisotopic (exact) mass is 769 g/mol. The minimum atomic E-state index is -3.90. The Morgan fingerprint density at radius 2 is 1.76 bits per heavy atom. The summed E-state index contributed by atoms with van der Waals surface area (Å²) >= 11 is 0. The van der Waals surface area contributed by atoms with Gasteiger partial charge in [0.15, 0.2) is 0 Å². The maximum Gasteiger partial charge on any atom is 0.410 e. The lowest BCUT2D eigenvalue weighted by atomic mass is 9.85. The lowest BCUT2D eigenvalue weighted by Crippen LogP contribution is -2.58. The molecule has 4 amide bonds. The van der Waals surface area contributed by atoms with Crippen LogP contribution in [-0.4, -0.2) is 90.1 Å². The van der Waals surface area contributed by atoms with Crippen LogP contribution in [0.3, 0.4) is 0 Å². The zero-order valence-corrected chi connectivity index (χ0v) is 32.0. The Balaban J connectivity index is 1.25. The number of amides is 4. The van der Waals surface area contributed by atoms with Crippen LogP contribution in [0.1, 0.15) is 88.2 Å². The highest BCUT2D eigenvalue weighted by atomic mass is 32.2. The third kappa shape index (κ3) is 8.03. The average molecular weight is 770 g/mol. The standard InChI is InChI=1S/C38H48FN5O9S/c1-6-24-18-38(24,35(48)42-54(50,51)27-14-15-27)41-32(45)30-17-26(53-36(49)43-19-23-11-9-13-29(39)28(23)21-43)20-44(30)33(46)31(37(3,4)5)40-25-12-8-10-22(16-25)34(47)52-7-2/h8-13,16,24,26-27,30-31,40H,6-7,14-15,17-21H2,1-5H3,(H,41,45)(H,42,48). The predicted molar refractivity (Wildman–Crippen MR) is 195 cm³/mol. The van der Waals surface area contributed by atoms with E-state index < -0.39 is 80.0 Å². The first-order valence-electron chi connectivity index (χ1n) is 18.4. The number of carbonyl (C=O) groups excluding carboxylic acids is 5. The number of sulfonamides is 1. The van der Waals surface area contributed by atoms with Crippen LogP contribution in [0, 0.1) is 17.2 Å². The second-order valence-electron chi connectivity index (χ2n) is 15.7. The van der Waals surface area contributed by atoms with Gasteiger partial charge in [0.2, 0.25) is 21.8 Å². The summed E-state index contributed by atoms with van der Waals surface area (Å²) in [6.45, 7) is 9.18. The Morgan fingerprint density at radius 1 is 1.04 bits per heavy atom. The quantitative estimate of drug-likeness (QED) is 0.269. The Morgan fingerprint density at radius 3 is 2.39 bits per heavy atom. The van der Waals surface area contributed by atoms with E-state index in [1.165, 1.54) is 15.9 Å². The van der Waals surface area contributed by atoms with Crippen LogP contribution in [0.4, 0.5) is 14.9 Å². The number of fused-ring (bicyclic) bond motifs is 1. The largest absolute Gasteiger partial charge is 0.462 e. The number of hydrogen-bond donors (Lipinski definition) is 3. The fourth-order valence-electron chi connectivity index (χ4n) is 7.33. The maximum absolute atomic E-state index is 14.7. The molecule has 5 atom stereocenters. The number of halogens is 1. The van der Waals surface area contributed by atoms with E-state index in [-0.39, 0.29) is 50.6 Å². The van der Waals surface area contributed by atoms with Crippen molar-refractivity contribution in [3.63, 3.8) is 0 Å². The Hall–Kier alpha value is -4.73. The smallest absolute Gasteiger partial charge is 0.410 e. The first-order valence-corrected chi connectivity index (χ1v) is 20.0. The Kier molecular flexibility index (Phi) is 10.7. The lowest BCUT2D eigenvalue weighted by Gasteiger charge is -2.36. The Bertz CT molecular complexity index is 1950. The summed E-state index contributed by atoms with van der Waals surface area (Å²) in [6, 6.07) is 8.95. The van der Waals surface area contributed by atoms with Crippen LogP contribution < -0.4 is 15.4 Å². The molecule has 0 spiro atoms. The summed E-state index contributed by atoms with van der Waals surface area (Å²) in [5.41, 5.74) is -0.463. The first-order chi connectivity index (χ1) is 25.5. The molecule has 2 heterocycles. The average Bonchev–Trinajstić information content (AvgIpc) is 4.01. The van der Waals surface area contributed by atoms with E-state index in [1.54, 1.807) is 43.3 Å². The highest BCUT2D eigenvalue weighted by molar-refractivity contribution is 7.91. The molecule has 3 N–H and O–H groups in total. The van der Waals surface area contributed by atoms with Crippen LogP contribution in [-0.2, 0) is 47.0 Å². The normalized spacial score (nSPS) is 23.9. The Labute approximate surface area is 314 Å². The van der Waals surface area contributed by atoms with Gasteiger partial charge in [-0.25, -0.2) is 22.4 Å². The molecule has 2 aliphatic carbocycles. The summed E-state index contributed by atoms with van der Waals surface area (Å²) < 4.78 is 53.1. The van der Waals surface area contributed by atoms with E-state index in [1.807, 2.05) is 27.7 Å². The van der Waals surface area contributed by atoms with Crippen molar-refractivity contribution in [3.05, 3.63) is 65.0 Å². The number of nitrogens with zero attached hydrogens (tertiary/aromatic N) is 2. The number of carbonyl (C=O) groups is 5. The van der Waals surface area contributed by atoms with Crippen molar-refractivity contribution < 1.29 is 46.3 Å². The molecule has 3 fully saturated rings. The van der Waals surface area contributed by atoms with E-state index >= 15 is 0 Å². The number of rotatable bonds is 12. The summed E-state index contributed by atoms with van der Waals surface area (Å²) in [4.78, 5) is 71.0. The van der Waals surface area contributed by atoms with Gasteiger partial charge >= 0.3 is 12.1 Å². The molecule has 0 radical (unpaired) electrons. The highest BCUT2D eigenvalue weighted by Gasteiger charge is 2.62. The second-order valence-corrected chi connectivity index (χ2v) is 17.6. The van der Waals surface area contributed by atoms with Crippen molar-refractivity contribution in [2.24, 2.45) is 11.3 Å². The molecule has 14 nitrogen and oxygen atoms in total. The van der Waals surface area contributed by atoms with Gasteiger partial charge in [0, 0.05) is 24.2 Å². The van der Waals surface area contributed by atoms with Crippen LogP contribution in [0.5, 0.6) is 0 Å². The summed E-state index contributed by atoms with van der Waals surface area (Å²) in [6.07, 6.45) is -0.179. The van der Waals surface area contributed by atoms with Gasteiger partial charge in [0.25, 0.3) is 5.91 Å². The van der Waals surface area contributed by atoms with Crippen molar-refractivity contribution >= 4 is 45.5 Å². The lowest BCUT2D eigenvalue weighted by molar-refractivity contribution is -0.141. The summed E-state index contributed by atoms with van der Waals surface area (Å²) in [7, 11) is -3.90. The third-order valence-corrected chi connectivity index (χ3v) is 12.5. The molecule has 6 rings (SSSR count). The van der Waals surface area contributed by atoms with Gasteiger partial charge in [-0.3, -0.25) is 24.0 Å². The van der Waals surface area contributed by atoms with Crippen molar-refractivity contribution in [3.8, 4) is 0 Å². The predicted octanol–water partition coefficient (Wildman–Crippen LogP) is 3.84. The topological polar surface area (TPSA) is 181 Å². The molecule has 5 unspecified atom stereocenters. The summed E-state index contributed by atoms with van der Waals surface area (Å²) in [5.74, 6) is -3.30. The van der Waals surface area contributed by atoms with E-state index in [0.29, 0.717) is 36.1 Å². The third-order valence-electron chi connectivity index (χ3n) is 10.6. The molecule has 2 aliphatic heterocycles. The van der Waals surface area contributed by atoms with Crippen molar-refractivity contribution in [1.82, 2.24) is 19.8 Å². The molecule has 0 aromatic heterocycles. The van der Waals surface area contributed by atoms with Gasteiger partial charge < -0.3 is 25.0 Å². The number of likely N-dealkylation sites (tertiary alicyclic amines) is 1. The van der Waals surface area contributed by atoms with Gasteiger partial charge in [-0.2, -0.15) is 0 Å². The molecule has 4 aliphatic rings. The molecule has 2 aromatic rings. The number of anilines is 1. The zero-order chi connectivity index (χ0) is 39.2. The number of nitrogens with one attached hydrogen (secondary N) is 3. The highest BCUT2D eigenvalue weighted by Crippen LogP contribution is 2.47. The van der Waals surface area contributed by atoms with E-state index in [9.17, 15) is 36.8 Å². The van der Waals surface area contributed by atoms with Crippen LogP contribution >= 0.6 is 0 Å². The molecule has 1 saturated heterocycles. The molecule has 16 heteroatoms. The van der Waals surface area contributed by atoms with Gasteiger partial charge in [0.05, 0.1) is 30.5 Å². The zero-order valence-electron chi connectivity index (χ0n) is 31.1. The first kappa shape index (κ1) is 39.0. The molecule has 292 valence electrons. The number of esters is 1. The van der Waals surface area contributed by atoms with E-state index in [2.05, 4.69) is 15.4 Å². The minimum absolute atomic E-state index is 0.000797.